The van der Waals surface area contributed by atoms with Crippen molar-refractivity contribution in [3.63, 3.8) is 0 Å². The Morgan fingerprint density at radius 1 is 1.50 bits per heavy atom. The van der Waals surface area contributed by atoms with E-state index in [2.05, 4.69) is 6.08 Å². The number of allylic oxidation sites excluding steroid dienone is 1. The Morgan fingerprint density at radius 2 is 2.28 bits per heavy atom. The van der Waals surface area contributed by atoms with Crippen molar-refractivity contribution in [3.05, 3.63) is 24.3 Å². The highest BCUT2D eigenvalue weighted by molar-refractivity contribution is 7.98. The molecule has 0 aromatic heterocycles. The van der Waals surface area contributed by atoms with Crippen LogP contribution in [0, 0.1) is 17.8 Å². The van der Waals surface area contributed by atoms with Crippen molar-refractivity contribution in [2.24, 2.45) is 17.8 Å². The molecular formula is C14H18O3S. The first-order valence-corrected chi connectivity index (χ1v) is 7.67. The molecule has 0 aromatic carbocycles. The third-order valence-electron chi connectivity index (χ3n) is 4.89. The number of fused-ring (bicyclic) bond motifs is 5. The molecule has 1 fully saturated rings. The summed E-state index contributed by atoms with van der Waals surface area (Å²) in [6.45, 7) is 0. The molecule has 0 saturated heterocycles. The zero-order chi connectivity index (χ0) is 13.0. The minimum atomic E-state index is -1.39. The Hall–Kier alpha value is -0.580. The number of rotatable bonds is 3. The lowest BCUT2D eigenvalue weighted by atomic mass is 9.72. The van der Waals surface area contributed by atoms with Crippen LogP contribution in [-0.4, -0.2) is 41.2 Å². The van der Waals surface area contributed by atoms with Crippen LogP contribution in [0.2, 0.25) is 0 Å². The fourth-order valence-corrected chi connectivity index (χ4v) is 5.09. The second kappa shape index (κ2) is 3.95. The van der Waals surface area contributed by atoms with E-state index < -0.39 is 11.2 Å². The van der Waals surface area contributed by atoms with Gasteiger partial charge in [-0.1, -0.05) is 18.2 Å². The fourth-order valence-electron chi connectivity index (χ4n) is 4.13. The monoisotopic (exact) mass is 266 g/mol. The van der Waals surface area contributed by atoms with Gasteiger partial charge >= 0.3 is 0 Å². The van der Waals surface area contributed by atoms with Gasteiger partial charge in [0, 0.05) is 24.7 Å². The molecule has 0 spiro atoms. The van der Waals surface area contributed by atoms with E-state index in [0.717, 1.165) is 6.42 Å². The fraction of sp³-hybridized carbons (Fsp3) is 0.643. The average Bonchev–Trinajstić information content (AvgIpc) is 2.87. The third kappa shape index (κ3) is 1.17. The van der Waals surface area contributed by atoms with Crippen LogP contribution >= 0.6 is 11.8 Å². The second-order valence-electron chi connectivity index (χ2n) is 5.40. The summed E-state index contributed by atoms with van der Waals surface area (Å²) >= 11 is 1.62. The topological polar surface area (TPSA) is 46.5 Å². The van der Waals surface area contributed by atoms with Gasteiger partial charge in [-0.05, 0) is 24.7 Å². The van der Waals surface area contributed by atoms with Crippen molar-refractivity contribution in [1.29, 1.82) is 0 Å². The van der Waals surface area contributed by atoms with E-state index in [0.29, 0.717) is 11.7 Å². The summed E-state index contributed by atoms with van der Waals surface area (Å²) in [5.74, 6) is 0.759. The molecule has 3 rings (SSSR count). The number of ketones is 1. The molecule has 98 valence electrons. The van der Waals surface area contributed by atoms with Gasteiger partial charge in [0.2, 0.25) is 0 Å². The number of carbonyl (C=O) groups excluding carboxylic acids is 1. The molecule has 3 aliphatic rings. The molecule has 0 heterocycles. The summed E-state index contributed by atoms with van der Waals surface area (Å²) in [7, 11) is 1.62. The average molecular weight is 266 g/mol. The van der Waals surface area contributed by atoms with Gasteiger partial charge in [0.15, 0.2) is 11.4 Å². The number of carbonyl (C=O) groups is 1. The van der Waals surface area contributed by atoms with Crippen molar-refractivity contribution >= 4 is 17.5 Å². The molecule has 0 aromatic rings. The first-order chi connectivity index (χ1) is 8.61. The van der Waals surface area contributed by atoms with E-state index in [4.69, 9.17) is 4.74 Å². The summed E-state index contributed by atoms with van der Waals surface area (Å²) in [6.07, 6.45) is 10.5. The van der Waals surface area contributed by atoms with Gasteiger partial charge in [-0.15, -0.1) is 0 Å². The molecule has 3 aliphatic carbocycles. The van der Waals surface area contributed by atoms with Crippen LogP contribution < -0.4 is 0 Å². The number of hydrogen-bond donors (Lipinski definition) is 1. The Morgan fingerprint density at radius 3 is 2.94 bits per heavy atom. The molecule has 4 heteroatoms. The van der Waals surface area contributed by atoms with Crippen molar-refractivity contribution in [1.82, 2.24) is 0 Å². The van der Waals surface area contributed by atoms with Gasteiger partial charge in [-0.2, -0.15) is 11.8 Å². The number of ether oxygens (including phenoxy) is 1. The standard InChI is InChI=1S/C14H18O3S/c1-17-13(8-18-2)10-6-7-12(15)14(13,16)11-5-3-4-9(10)11/h3,5-7,9-11,16H,4,8H2,1-2H3/t9-,10+,11-,13-,14-/m0/s1. The molecule has 5 atom stereocenters. The zero-order valence-electron chi connectivity index (χ0n) is 10.6. The number of thioether (sulfide) groups is 1. The molecule has 0 aliphatic heterocycles. The van der Waals surface area contributed by atoms with Crippen LogP contribution in [0.1, 0.15) is 6.42 Å². The lowest BCUT2D eigenvalue weighted by Gasteiger charge is -2.45. The van der Waals surface area contributed by atoms with E-state index in [1.807, 2.05) is 18.4 Å². The zero-order valence-corrected chi connectivity index (χ0v) is 11.4. The molecule has 1 saturated carbocycles. The van der Waals surface area contributed by atoms with Crippen LogP contribution in [0.4, 0.5) is 0 Å². The smallest absolute Gasteiger partial charge is 0.190 e. The highest BCUT2D eigenvalue weighted by Gasteiger charge is 2.72. The summed E-state index contributed by atoms with van der Waals surface area (Å²) in [5, 5.41) is 11.1. The number of methoxy groups -OCH3 is 1. The minimum absolute atomic E-state index is 0.0999. The van der Waals surface area contributed by atoms with Crippen molar-refractivity contribution in [2.75, 3.05) is 19.1 Å². The summed E-state index contributed by atoms with van der Waals surface area (Å²) < 4.78 is 5.74. The second-order valence-corrected chi connectivity index (χ2v) is 6.26. The highest BCUT2D eigenvalue weighted by atomic mass is 32.2. The van der Waals surface area contributed by atoms with Crippen molar-refractivity contribution < 1.29 is 14.6 Å². The van der Waals surface area contributed by atoms with Gasteiger partial charge in [-0.3, -0.25) is 4.79 Å². The molecule has 0 radical (unpaired) electrons. The van der Waals surface area contributed by atoms with Crippen LogP contribution in [0.3, 0.4) is 0 Å². The van der Waals surface area contributed by atoms with E-state index in [9.17, 15) is 9.90 Å². The molecule has 1 N–H and O–H groups in total. The van der Waals surface area contributed by atoms with E-state index in [1.54, 1.807) is 24.9 Å². The SMILES string of the molecule is CO[C@@]1(CSC)[C@@H]2C=CC(=O)[C@@]1(O)[C@H]1C=CC[C@@H]21. The maximum atomic E-state index is 12.3. The summed E-state index contributed by atoms with van der Waals surface area (Å²) in [4.78, 5) is 12.3. The third-order valence-corrected chi connectivity index (χ3v) is 5.61. The predicted molar refractivity (Wildman–Crippen MR) is 71.4 cm³/mol. The van der Waals surface area contributed by atoms with Crippen LogP contribution in [0.15, 0.2) is 24.3 Å². The number of hydrogen-bond acceptors (Lipinski definition) is 4. The first kappa shape index (κ1) is 12.5. The minimum Gasteiger partial charge on any atom is -0.378 e. The Labute approximate surface area is 111 Å². The maximum Gasteiger partial charge on any atom is 0.190 e. The lowest BCUT2D eigenvalue weighted by molar-refractivity contribution is -0.175. The van der Waals surface area contributed by atoms with Crippen molar-refractivity contribution in [2.45, 2.75) is 17.6 Å². The molecule has 0 unspecified atom stereocenters. The molecule has 0 amide bonds. The molecular weight excluding hydrogens is 248 g/mol. The van der Waals surface area contributed by atoms with Crippen LogP contribution in [0.25, 0.3) is 0 Å². The summed E-state index contributed by atoms with van der Waals surface area (Å²) in [6, 6.07) is 0. The van der Waals surface area contributed by atoms with E-state index in [1.165, 1.54) is 0 Å². The van der Waals surface area contributed by atoms with Gasteiger partial charge in [0.25, 0.3) is 0 Å². The van der Waals surface area contributed by atoms with E-state index in [-0.39, 0.29) is 17.6 Å². The molecule has 3 nitrogen and oxygen atoms in total. The van der Waals surface area contributed by atoms with E-state index >= 15 is 0 Å². The summed E-state index contributed by atoms with van der Waals surface area (Å²) in [5.41, 5.74) is -2.15. The normalized spacial score (nSPS) is 48.8. The van der Waals surface area contributed by atoms with Crippen molar-refractivity contribution in [3.8, 4) is 0 Å². The first-order valence-electron chi connectivity index (χ1n) is 6.27. The maximum absolute atomic E-state index is 12.3. The lowest BCUT2D eigenvalue weighted by Crippen LogP contribution is -2.64. The Kier molecular flexibility index (Phi) is 2.74. The number of aliphatic hydroxyl groups is 1. The van der Waals surface area contributed by atoms with Crippen LogP contribution in [0.5, 0.6) is 0 Å². The van der Waals surface area contributed by atoms with Gasteiger partial charge < -0.3 is 9.84 Å². The molecule has 18 heavy (non-hydrogen) atoms. The van der Waals surface area contributed by atoms with Gasteiger partial charge in [0.05, 0.1) is 0 Å². The predicted octanol–water partition coefficient (Wildman–Crippen LogP) is 1.43. The quantitative estimate of drug-likeness (QED) is 0.785. The Balaban J connectivity index is 2.18. The van der Waals surface area contributed by atoms with Gasteiger partial charge in [0.1, 0.15) is 5.60 Å². The van der Waals surface area contributed by atoms with Gasteiger partial charge in [-0.25, -0.2) is 0 Å². The largest absolute Gasteiger partial charge is 0.378 e. The van der Waals surface area contributed by atoms with Crippen LogP contribution in [-0.2, 0) is 9.53 Å². The molecule has 2 bridgehead atoms. The Bertz CT molecular complexity index is 444. The highest BCUT2D eigenvalue weighted by Crippen LogP contribution is 2.60.